The van der Waals surface area contributed by atoms with Gasteiger partial charge in [0.2, 0.25) is 0 Å². The molecule has 134 valence electrons. The molecule has 0 amide bonds. The van der Waals surface area contributed by atoms with E-state index in [1.807, 2.05) is 5.38 Å². The van der Waals surface area contributed by atoms with E-state index >= 15 is 0 Å². The van der Waals surface area contributed by atoms with Gasteiger partial charge in [-0.3, -0.25) is 4.79 Å². The molecule has 3 rings (SSSR count). The molecule has 0 aliphatic heterocycles. The predicted octanol–water partition coefficient (Wildman–Crippen LogP) is 4.53. The minimum Gasteiger partial charge on any atom is -0.462 e. The summed E-state index contributed by atoms with van der Waals surface area (Å²) >= 11 is 1.35. The lowest BCUT2D eigenvalue weighted by Crippen LogP contribution is -2.24. The number of benzene rings is 1. The van der Waals surface area contributed by atoms with Crippen molar-refractivity contribution >= 4 is 27.1 Å². The summed E-state index contributed by atoms with van der Waals surface area (Å²) in [5, 5.41) is 0.931. The highest BCUT2D eigenvalue weighted by Crippen LogP contribution is 2.35. The second kappa shape index (κ2) is 8.15. The van der Waals surface area contributed by atoms with E-state index in [0.717, 1.165) is 25.7 Å². The standard InChI is InChI=1S/C19H22O4S2/c20-19(23-15-8-3-1-4-9-15)14-18(17-12-7-13-24-17)25(21,22)16-10-5-2-6-11-16/h2,5-7,10-13,15,18H,1,3-4,8-9,14H2. The Labute approximate surface area is 152 Å². The van der Waals surface area contributed by atoms with Gasteiger partial charge in [-0.05, 0) is 49.3 Å². The topological polar surface area (TPSA) is 60.4 Å². The van der Waals surface area contributed by atoms with E-state index in [1.165, 1.54) is 17.8 Å². The quantitative estimate of drug-likeness (QED) is 0.693. The Kier molecular flexibility index (Phi) is 5.91. The number of esters is 1. The third-order valence-electron chi connectivity index (χ3n) is 4.51. The largest absolute Gasteiger partial charge is 0.462 e. The van der Waals surface area contributed by atoms with Crippen molar-refractivity contribution in [3.8, 4) is 0 Å². The summed E-state index contributed by atoms with van der Waals surface area (Å²) in [6, 6.07) is 11.9. The van der Waals surface area contributed by atoms with Crippen LogP contribution in [-0.4, -0.2) is 20.5 Å². The zero-order chi connectivity index (χ0) is 17.7. The van der Waals surface area contributed by atoms with E-state index in [2.05, 4.69) is 0 Å². The van der Waals surface area contributed by atoms with Crippen molar-refractivity contribution < 1.29 is 17.9 Å². The SMILES string of the molecule is O=C(CC(c1cccs1)S(=O)(=O)c1ccccc1)OC1CCCCC1. The Morgan fingerprint density at radius 2 is 1.80 bits per heavy atom. The van der Waals surface area contributed by atoms with Gasteiger partial charge >= 0.3 is 5.97 Å². The monoisotopic (exact) mass is 378 g/mol. The number of rotatable bonds is 6. The number of thiophene rings is 1. The molecule has 0 radical (unpaired) electrons. The van der Waals surface area contributed by atoms with Crippen molar-refractivity contribution in [2.24, 2.45) is 0 Å². The maximum Gasteiger partial charge on any atom is 0.307 e. The molecule has 25 heavy (non-hydrogen) atoms. The molecule has 0 N–H and O–H groups in total. The first-order chi connectivity index (χ1) is 12.1. The van der Waals surface area contributed by atoms with Gasteiger partial charge in [-0.15, -0.1) is 11.3 Å². The first kappa shape index (κ1) is 18.1. The number of hydrogen-bond donors (Lipinski definition) is 0. The molecule has 1 aliphatic rings. The summed E-state index contributed by atoms with van der Waals surface area (Å²) in [6.45, 7) is 0. The predicted molar refractivity (Wildman–Crippen MR) is 98.3 cm³/mol. The van der Waals surface area contributed by atoms with Gasteiger partial charge in [0.25, 0.3) is 0 Å². The second-order valence-electron chi connectivity index (χ2n) is 6.32. The molecule has 1 aromatic carbocycles. The van der Waals surface area contributed by atoms with Gasteiger partial charge < -0.3 is 4.74 Å². The molecule has 0 bridgehead atoms. The van der Waals surface area contributed by atoms with Crippen LogP contribution < -0.4 is 0 Å². The number of hydrogen-bond acceptors (Lipinski definition) is 5. The smallest absolute Gasteiger partial charge is 0.307 e. The molecule has 1 fully saturated rings. The highest BCUT2D eigenvalue weighted by atomic mass is 32.2. The molecule has 1 atom stereocenters. The minimum atomic E-state index is -3.65. The zero-order valence-electron chi connectivity index (χ0n) is 14.0. The molecule has 1 aliphatic carbocycles. The van der Waals surface area contributed by atoms with Crippen LogP contribution in [0, 0.1) is 0 Å². The number of carbonyl (C=O) groups is 1. The van der Waals surface area contributed by atoms with Crippen molar-refractivity contribution in [3.05, 3.63) is 52.7 Å². The Balaban J connectivity index is 1.80. The maximum atomic E-state index is 13.1. The molecule has 4 nitrogen and oxygen atoms in total. The first-order valence-corrected chi connectivity index (χ1v) is 11.0. The first-order valence-electron chi connectivity index (χ1n) is 8.59. The third kappa shape index (κ3) is 4.50. The van der Waals surface area contributed by atoms with E-state index in [1.54, 1.807) is 42.5 Å². The van der Waals surface area contributed by atoms with Gasteiger partial charge in [0.05, 0.1) is 11.3 Å². The normalized spacial score (nSPS) is 17.1. The fourth-order valence-corrected chi connectivity index (χ4v) is 6.04. The minimum absolute atomic E-state index is 0.0651. The van der Waals surface area contributed by atoms with Crippen LogP contribution in [0.4, 0.5) is 0 Å². The molecule has 6 heteroatoms. The fraction of sp³-hybridized carbons (Fsp3) is 0.421. The van der Waals surface area contributed by atoms with E-state index in [0.29, 0.717) is 4.88 Å². The van der Waals surface area contributed by atoms with Crippen molar-refractivity contribution in [2.75, 3.05) is 0 Å². The molecular weight excluding hydrogens is 356 g/mol. The Morgan fingerprint density at radius 3 is 2.44 bits per heavy atom. The lowest BCUT2D eigenvalue weighted by molar-refractivity contribution is -0.150. The molecule has 0 spiro atoms. The Bertz CT molecular complexity index is 776. The third-order valence-corrected chi connectivity index (χ3v) is 7.74. The van der Waals surface area contributed by atoms with Crippen molar-refractivity contribution in [1.82, 2.24) is 0 Å². The summed E-state index contributed by atoms with van der Waals surface area (Å²) in [6.07, 6.45) is 4.85. The van der Waals surface area contributed by atoms with Crippen molar-refractivity contribution in [1.29, 1.82) is 0 Å². The summed E-state index contributed by atoms with van der Waals surface area (Å²) in [5.74, 6) is -0.426. The van der Waals surface area contributed by atoms with Crippen LogP contribution in [0.2, 0.25) is 0 Å². The van der Waals surface area contributed by atoms with Crippen LogP contribution in [0.15, 0.2) is 52.7 Å². The van der Waals surface area contributed by atoms with E-state index in [-0.39, 0.29) is 17.4 Å². The number of ether oxygens (including phenoxy) is 1. The van der Waals surface area contributed by atoms with Crippen molar-refractivity contribution in [3.63, 3.8) is 0 Å². The lowest BCUT2D eigenvalue weighted by Gasteiger charge is -2.23. The van der Waals surface area contributed by atoms with Gasteiger partial charge in [-0.1, -0.05) is 30.7 Å². The van der Waals surface area contributed by atoms with Crippen LogP contribution in [0.5, 0.6) is 0 Å². The van der Waals surface area contributed by atoms with Gasteiger partial charge in [0.15, 0.2) is 9.84 Å². The van der Waals surface area contributed by atoms with Crippen LogP contribution in [0.25, 0.3) is 0 Å². The maximum absolute atomic E-state index is 13.1. The number of carbonyl (C=O) groups excluding carboxylic acids is 1. The summed E-state index contributed by atoms with van der Waals surface area (Å²) in [7, 11) is -3.65. The Morgan fingerprint density at radius 1 is 1.08 bits per heavy atom. The van der Waals surface area contributed by atoms with Crippen LogP contribution in [-0.2, 0) is 19.4 Å². The van der Waals surface area contributed by atoms with Gasteiger partial charge in [-0.25, -0.2) is 8.42 Å². The average molecular weight is 379 g/mol. The molecule has 1 unspecified atom stereocenters. The number of sulfone groups is 1. The fourth-order valence-electron chi connectivity index (χ4n) is 3.18. The van der Waals surface area contributed by atoms with E-state index in [4.69, 9.17) is 4.74 Å². The van der Waals surface area contributed by atoms with Crippen LogP contribution in [0.1, 0.15) is 48.7 Å². The van der Waals surface area contributed by atoms with E-state index < -0.39 is 21.1 Å². The molecule has 1 aromatic heterocycles. The summed E-state index contributed by atoms with van der Waals surface area (Å²) in [4.78, 5) is 13.3. The van der Waals surface area contributed by atoms with Gasteiger partial charge in [0, 0.05) is 4.88 Å². The van der Waals surface area contributed by atoms with Crippen molar-refractivity contribution in [2.45, 2.75) is 54.8 Å². The lowest BCUT2D eigenvalue weighted by atomic mass is 9.98. The van der Waals surface area contributed by atoms with E-state index in [9.17, 15) is 13.2 Å². The highest BCUT2D eigenvalue weighted by molar-refractivity contribution is 7.91. The second-order valence-corrected chi connectivity index (χ2v) is 9.43. The Hall–Kier alpha value is -1.66. The molecule has 2 aromatic rings. The average Bonchev–Trinajstić information content (AvgIpc) is 3.15. The molecule has 1 saturated carbocycles. The van der Waals surface area contributed by atoms with Gasteiger partial charge in [-0.2, -0.15) is 0 Å². The molecule has 0 saturated heterocycles. The summed E-state index contributed by atoms with van der Waals surface area (Å²) < 4.78 is 31.7. The molecular formula is C19H22O4S2. The van der Waals surface area contributed by atoms with Gasteiger partial charge in [0.1, 0.15) is 11.4 Å². The highest BCUT2D eigenvalue weighted by Gasteiger charge is 2.33. The zero-order valence-corrected chi connectivity index (χ0v) is 15.6. The van der Waals surface area contributed by atoms with Crippen LogP contribution in [0.3, 0.4) is 0 Å². The summed E-state index contributed by atoms with van der Waals surface area (Å²) in [5.41, 5.74) is 0. The molecule has 1 heterocycles. The van der Waals surface area contributed by atoms with Crippen LogP contribution >= 0.6 is 11.3 Å².